The predicted octanol–water partition coefficient (Wildman–Crippen LogP) is 4.61. The van der Waals surface area contributed by atoms with E-state index in [0.717, 1.165) is 15.8 Å². The van der Waals surface area contributed by atoms with Crippen LogP contribution in [0.5, 0.6) is 5.75 Å². The first-order valence-corrected chi connectivity index (χ1v) is 13.6. The van der Waals surface area contributed by atoms with E-state index >= 15 is 0 Å². The minimum atomic E-state index is -0.230. The van der Waals surface area contributed by atoms with Gasteiger partial charge in [0.2, 0.25) is 5.91 Å². The van der Waals surface area contributed by atoms with E-state index in [4.69, 9.17) is 4.74 Å². The molecule has 0 aliphatic carbocycles. The van der Waals surface area contributed by atoms with Crippen molar-refractivity contribution in [3.05, 3.63) is 95.8 Å². The number of hydrogen-bond donors (Lipinski definition) is 2. The zero-order chi connectivity index (χ0) is 26.3. The van der Waals surface area contributed by atoms with E-state index in [-0.39, 0.29) is 24.1 Å². The van der Waals surface area contributed by atoms with Gasteiger partial charge >= 0.3 is 0 Å². The highest BCUT2D eigenvalue weighted by Crippen LogP contribution is 2.26. The minimum absolute atomic E-state index is 0.140. The standard InChI is InChI=1S/C27H24N6O3S2/c1-36-20-13-11-19(12-14-20)25(35)28-15-23-31-32-27(33(23)16-18-7-3-2-4-8-18)37-17-24(34)30-26-29-21-9-5-6-10-22(21)38-26/h2-14H,15-17H2,1H3,(H,28,35)(H,29,30,34). The summed E-state index contributed by atoms with van der Waals surface area (Å²) >= 11 is 2.72. The Balaban J connectivity index is 1.27. The summed E-state index contributed by atoms with van der Waals surface area (Å²) in [5, 5.41) is 15.5. The number of aromatic nitrogens is 4. The first-order valence-electron chi connectivity index (χ1n) is 11.8. The van der Waals surface area contributed by atoms with Crippen LogP contribution in [0.3, 0.4) is 0 Å². The molecule has 11 heteroatoms. The average Bonchev–Trinajstić information content (AvgIpc) is 3.54. The van der Waals surface area contributed by atoms with Crippen LogP contribution in [0.2, 0.25) is 0 Å². The summed E-state index contributed by atoms with van der Waals surface area (Å²) in [7, 11) is 1.58. The molecule has 5 rings (SSSR count). The van der Waals surface area contributed by atoms with Gasteiger partial charge in [-0.05, 0) is 42.0 Å². The topological polar surface area (TPSA) is 111 Å². The molecule has 0 saturated heterocycles. The molecular formula is C27H24N6O3S2. The largest absolute Gasteiger partial charge is 0.497 e. The number of benzene rings is 3. The van der Waals surface area contributed by atoms with Crippen LogP contribution < -0.4 is 15.4 Å². The molecular weight excluding hydrogens is 520 g/mol. The summed E-state index contributed by atoms with van der Waals surface area (Å²) in [6.07, 6.45) is 0. The van der Waals surface area contributed by atoms with Crippen molar-refractivity contribution in [2.45, 2.75) is 18.2 Å². The molecule has 5 aromatic rings. The van der Waals surface area contributed by atoms with Gasteiger partial charge in [0.05, 0.1) is 36.2 Å². The summed E-state index contributed by atoms with van der Waals surface area (Å²) in [4.78, 5) is 29.8. The maximum atomic E-state index is 12.7. The van der Waals surface area contributed by atoms with Crippen molar-refractivity contribution in [2.24, 2.45) is 0 Å². The summed E-state index contributed by atoms with van der Waals surface area (Å²) < 4.78 is 8.08. The molecule has 0 spiro atoms. The van der Waals surface area contributed by atoms with E-state index in [1.54, 1.807) is 31.4 Å². The molecule has 3 aromatic carbocycles. The van der Waals surface area contributed by atoms with Crippen LogP contribution in [0.4, 0.5) is 5.13 Å². The highest BCUT2D eigenvalue weighted by molar-refractivity contribution is 7.99. The lowest BCUT2D eigenvalue weighted by atomic mass is 10.2. The SMILES string of the molecule is COc1ccc(C(=O)NCc2nnc(SCC(=O)Nc3nc4ccccc4s3)n2Cc2ccccc2)cc1. The van der Waals surface area contributed by atoms with Gasteiger partial charge in [0.15, 0.2) is 16.1 Å². The number of ether oxygens (including phenoxy) is 1. The van der Waals surface area contributed by atoms with E-state index in [1.165, 1.54) is 23.1 Å². The smallest absolute Gasteiger partial charge is 0.251 e. The van der Waals surface area contributed by atoms with E-state index in [2.05, 4.69) is 25.8 Å². The number of thiazole rings is 1. The fourth-order valence-corrected chi connectivity index (χ4v) is 5.33. The third-order valence-electron chi connectivity index (χ3n) is 5.61. The number of methoxy groups -OCH3 is 1. The Hall–Kier alpha value is -4.22. The van der Waals surface area contributed by atoms with Crippen LogP contribution in [0.25, 0.3) is 10.2 Å². The van der Waals surface area contributed by atoms with Crippen LogP contribution in [-0.4, -0.2) is 44.4 Å². The van der Waals surface area contributed by atoms with E-state index < -0.39 is 0 Å². The zero-order valence-corrected chi connectivity index (χ0v) is 22.1. The number of carbonyl (C=O) groups excluding carboxylic acids is 2. The number of thioether (sulfide) groups is 1. The predicted molar refractivity (Wildman–Crippen MR) is 149 cm³/mol. The molecule has 2 aromatic heterocycles. The number of fused-ring (bicyclic) bond motifs is 1. The molecule has 38 heavy (non-hydrogen) atoms. The molecule has 2 heterocycles. The van der Waals surface area contributed by atoms with Gasteiger partial charge in [-0.15, -0.1) is 10.2 Å². The first kappa shape index (κ1) is 25.4. The van der Waals surface area contributed by atoms with Gasteiger partial charge in [0.1, 0.15) is 5.75 Å². The number of amides is 2. The van der Waals surface area contributed by atoms with Crippen molar-refractivity contribution in [1.29, 1.82) is 0 Å². The summed E-state index contributed by atoms with van der Waals surface area (Å²) in [5.74, 6) is 0.993. The number of para-hydroxylation sites is 1. The fraction of sp³-hybridized carbons (Fsp3) is 0.148. The zero-order valence-electron chi connectivity index (χ0n) is 20.5. The van der Waals surface area contributed by atoms with Crippen molar-refractivity contribution >= 4 is 50.3 Å². The van der Waals surface area contributed by atoms with E-state index in [1.807, 2.05) is 59.2 Å². The highest BCUT2D eigenvalue weighted by Gasteiger charge is 2.17. The normalized spacial score (nSPS) is 10.9. The number of rotatable bonds is 10. The number of nitrogens with one attached hydrogen (secondary N) is 2. The second-order valence-electron chi connectivity index (χ2n) is 8.21. The van der Waals surface area contributed by atoms with Gasteiger partial charge in [-0.2, -0.15) is 0 Å². The lowest BCUT2D eigenvalue weighted by Gasteiger charge is -2.11. The third-order valence-corrected chi connectivity index (χ3v) is 7.53. The van der Waals surface area contributed by atoms with Crippen LogP contribution in [0.15, 0.2) is 84.0 Å². The maximum absolute atomic E-state index is 12.7. The molecule has 2 amide bonds. The molecule has 2 N–H and O–H groups in total. The number of hydrogen-bond acceptors (Lipinski definition) is 8. The maximum Gasteiger partial charge on any atom is 0.251 e. The van der Waals surface area contributed by atoms with Gasteiger partial charge in [0.25, 0.3) is 5.91 Å². The van der Waals surface area contributed by atoms with Gasteiger partial charge in [0, 0.05) is 5.56 Å². The Morgan fingerprint density at radius 2 is 1.74 bits per heavy atom. The molecule has 0 unspecified atom stereocenters. The Morgan fingerprint density at radius 3 is 2.50 bits per heavy atom. The van der Waals surface area contributed by atoms with Crippen LogP contribution in [0.1, 0.15) is 21.7 Å². The molecule has 0 radical (unpaired) electrons. The highest BCUT2D eigenvalue weighted by atomic mass is 32.2. The van der Waals surface area contributed by atoms with Crippen molar-refractivity contribution in [1.82, 2.24) is 25.1 Å². The van der Waals surface area contributed by atoms with Gasteiger partial charge in [-0.3, -0.25) is 9.59 Å². The summed E-state index contributed by atoms with van der Waals surface area (Å²) in [6, 6.07) is 24.5. The molecule has 0 aliphatic heterocycles. The van der Waals surface area contributed by atoms with Crippen molar-refractivity contribution in [3.63, 3.8) is 0 Å². The van der Waals surface area contributed by atoms with Gasteiger partial charge in [-0.1, -0.05) is 65.6 Å². The number of carbonyl (C=O) groups is 2. The van der Waals surface area contributed by atoms with Crippen molar-refractivity contribution in [2.75, 3.05) is 18.2 Å². The monoisotopic (exact) mass is 544 g/mol. The van der Waals surface area contributed by atoms with E-state index in [9.17, 15) is 9.59 Å². The molecule has 0 aliphatic rings. The van der Waals surface area contributed by atoms with Crippen LogP contribution in [0, 0.1) is 0 Å². The molecule has 9 nitrogen and oxygen atoms in total. The molecule has 0 bridgehead atoms. The Kier molecular flexibility index (Phi) is 7.95. The van der Waals surface area contributed by atoms with Crippen LogP contribution >= 0.6 is 23.1 Å². The lowest BCUT2D eigenvalue weighted by molar-refractivity contribution is -0.113. The Bertz CT molecular complexity index is 1520. The van der Waals surface area contributed by atoms with E-state index in [0.29, 0.717) is 34.0 Å². The summed E-state index contributed by atoms with van der Waals surface area (Å²) in [5.41, 5.74) is 2.42. The second kappa shape index (κ2) is 11.9. The molecule has 192 valence electrons. The minimum Gasteiger partial charge on any atom is -0.497 e. The molecule has 0 atom stereocenters. The Morgan fingerprint density at radius 1 is 0.974 bits per heavy atom. The molecule has 0 saturated carbocycles. The Labute approximate surface area is 227 Å². The third kappa shape index (κ3) is 6.18. The second-order valence-corrected chi connectivity index (χ2v) is 10.2. The van der Waals surface area contributed by atoms with Crippen LogP contribution in [-0.2, 0) is 17.9 Å². The lowest BCUT2D eigenvalue weighted by Crippen LogP contribution is -2.25. The summed E-state index contributed by atoms with van der Waals surface area (Å²) in [6.45, 7) is 0.687. The molecule has 0 fully saturated rings. The van der Waals surface area contributed by atoms with Gasteiger partial charge in [-0.25, -0.2) is 4.98 Å². The van der Waals surface area contributed by atoms with Crippen molar-refractivity contribution in [3.8, 4) is 5.75 Å². The first-order chi connectivity index (χ1) is 18.6. The van der Waals surface area contributed by atoms with Gasteiger partial charge < -0.3 is 19.9 Å². The van der Waals surface area contributed by atoms with Crippen molar-refractivity contribution < 1.29 is 14.3 Å². The fourth-order valence-electron chi connectivity index (χ4n) is 3.70. The average molecular weight is 545 g/mol. The number of nitrogens with zero attached hydrogens (tertiary/aromatic N) is 4. The number of anilines is 1. The quantitative estimate of drug-likeness (QED) is 0.247.